The number of carboxylic acids is 1. The molecule has 1 atom stereocenters. The molecule has 0 aromatic heterocycles. The van der Waals surface area contributed by atoms with E-state index in [1.165, 1.54) is 24.0 Å². The third-order valence-electron chi connectivity index (χ3n) is 2.80. The van der Waals surface area contributed by atoms with Gasteiger partial charge in [0.2, 0.25) is 5.60 Å². The first-order valence-corrected chi connectivity index (χ1v) is 5.36. The Morgan fingerprint density at radius 1 is 1.50 bits per heavy atom. The number of aliphatic carboxylic acids is 1. The summed E-state index contributed by atoms with van der Waals surface area (Å²) in [7, 11) is 0. The first kappa shape index (κ1) is 12.3. The van der Waals surface area contributed by atoms with Gasteiger partial charge in [-0.25, -0.2) is 14.0 Å². The van der Waals surface area contributed by atoms with Crippen LogP contribution in [0.2, 0.25) is 0 Å². The summed E-state index contributed by atoms with van der Waals surface area (Å²) in [4.78, 5) is 23.8. The van der Waals surface area contributed by atoms with Crippen molar-refractivity contribution >= 4 is 12.1 Å². The summed E-state index contributed by atoms with van der Waals surface area (Å²) in [5, 5.41) is 8.96. The van der Waals surface area contributed by atoms with Crippen LogP contribution in [-0.2, 0) is 16.1 Å². The Hall–Kier alpha value is -2.11. The van der Waals surface area contributed by atoms with Gasteiger partial charge in [-0.05, 0) is 24.6 Å². The maximum atomic E-state index is 12.7. The van der Waals surface area contributed by atoms with Crippen LogP contribution in [0.4, 0.5) is 9.18 Å². The Bertz CT molecular complexity index is 487. The molecule has 1 unspecified atom stereocenters. The third kappa shape index (κ3) is 2.27. The first-order valence-electron chi connectivity index (χ1n) is 5.36. The SMILES string of the molecule is CC1(C(=O)O)CN(Cc2ccc(F)cc2)C(=O)O1. The lowest BCUT2D eigenvalue weighted by Crippen LogP contribution is -2.39. The van der Waals surface area contributed by atoms with Crippen LogP contribution in [0.5, 0.6) is 0 Å². The number of halogens is 1. The second-order valence-corrected chi connectivity index (χ2v) is 4.39. The van der Waals surface area contributed by atoms with Crippen LogP contribution < -0.4 is 0 Å². The van der Waals surface area contributed by atoms with E-state index in [2.05, 4.69) is 0 Å². The van der Waals surface area contributed by atoms with E-state index in [4.69, 9.17) is 9.84 Å². The molecule has 0 aliphatic carbocycles. The summed E-state index contributed by atoms with van der Waals surface area (Å²) in [6.07, 6.45) is -0.677. The smallest absolute Gasteiger partial charge is 0.411 e. The predicted molar refractivity (Wildman–Crippen MR) is 59.3 cm³/mol. The molecule has 0 radical (unpaired) electrons. The lowest BCUT2D eigenvalue weighted by atomic mass is 10.1. The highest BCUT2D eigenvalue weighted by atomic mass is 19.1. The average molecular weight is 253 g/mol. The van der Waals surface area contributed by atoms with Crippen molar-refractivity contribution in [3.8, 4) is 0 Å². The van der Waals surface area contributed by atoms with Crippen molar-refractivity contribution in [3.63, 3.8) is 0 Å². The van der Waals surface area contributed by atoms with Gasteiger partial charge in [0, 0.05) is 6.54 Å². The zero-order valence-corrected chi connectivity index (χ0v) is 9.72. The van der Waals surface area contributed by atoms with Gasteiger partial charge in [0.1, 0.15) is 5.82 Å². The van der Waals surface area contributed by atoms with Crippen molar-refractivity contribution in [2.45, 2.75) is 19.1 Å². The number of amides is 1. The van der Waals surface area contributed by atoms with Gasteiger partial charge in [-0.2, -0.15) is 0 Å². The Morgan fingerprint density at radius 3 is 2.61 bits per heavy atom. The maximum Gasteiger partial charge on any atom is 0.411 e. The fourth-order valence-electron chi connectivity index (χ4n) is 1.76. The highest BCUT2D eigenvalue weighted by Crippen LogP contribution is 2.24. The van der Waals surface area contributed by atoms with Crippen LogP contribution in [0.1, 0.15) is 12.5 Å². The molecule has 0 bridgehead atoms. The lowest BCUT2D eigenvalue weighted by Gasteiger charge is -2.16. The van der Waals surface area contributed by atoms with E-state index >= 15 is 0 Å². The van der Waals surface area contributed by atoms with Gasteiger partial charge in [0.05, 0.1) is 6.54 Å². The molecule has 18 heavy (non-hydrogen) atoms. The highest BCUT2D eigenvalue weighted by Gasteiger charge is 2.47. The minimum atomic E-state index is -1.52. The number of hydrogen-bond donors (Lipinski definition) is 1. The molecule has 1 heterocycles. The second-order valence-electron chi connectivity index (χ2n) is 4.39. The summed E-state index contributed by atoms with van der Waals surface area (Å²) in [6.45, 7) is 1.51. The van der Waals surface area contributed by atoms with Gasteiger partial charge in [-0.3, -0.25) is 4.90 Å². The molecule has 0 saturated carbocycles. The number of hydrogen-bond acceptors (Lipinski definition) is 3. The molecular weight excluding hydrogens is 241 g/mol. The van der Waals surface area contributed by atoms with E-state index < -0.39 is 17.7 Å². The molecule has 96 valence electrons. The summed E-state index contributed by atoms with van der Waals surface area (Å²) in [6, 6.07) is 5.65. The Labute approximate surface area is 103 Å². The fraction of sp³-hybridized carbons (Fsp3) is 0.333. The van der Waals surface area contributed by atoms with Crippen molar-refractivity contribution in [2.24, 2.45) is 0 Å². The van der Waals surface area contributed by atoms with Crippen LogP contribution in [0.15, 0.2) is 24.3 Å². The predicted octanol–water partition coefficient (Wildman–Crippen LogP) is 1.62. The van der Waals surface area contributed by atoms with Crippen molar-refractivity contribution in [3.05, 3.63) is 35.6 Å². The molecule has 1 fully saturated rings. The van der Waals surface area contributed by atoms with Gasteiger partial charge < -0.3 is 9.84 Å². The topological polar surface area (TPSA) is 66.8 Å². The average Bonchev–Trinajstić information content (AvgIpc) is 2.59. The molecule has 0 spiro atoms. The molecule has 1 aliphatic heterocycles. The zero-order valence-electron chi connectivity index (χ0n) is 9.72. The van der Waals surface area contributed by atoms with Crippen LogP contribution in [0.25, 0.3) is 0 Å². The van der Waals surface area contributed by atoms with Crippen LogP contribution >= 0.6 is 0 Å². The van der Waals surface area contributed by atoms with Gasteiger partial charge in [0.15, 0.2) is 0 Å². The maximum absolute atomic E-state index is 12.7. The third-order valence-corrected chi connectivity index (χ3v) is 2.80. The molecule has 1 N–H and O–H groups in total. The minimum absolute atomic E-state index is 0.0292. The van der Waals surface area contributed by atoms with E-state index in [1.54, 1.807) is 12.1 Å². The molecule has 5 nitrogen and oxygen atoms in total. The van der Waals surface area contributed by atoms with Crippen molar-refractivity contribution in [1.82, 2.24) is 4.90 Å². The Balaban J connectivity index is 2.09. The van der Waals surface area contributed by atoms with Crippen LogP contribution in [0.3, 0.4) is 0 Å². The molecule has 1 saturated heterocycles. The number of carbonyl (C=O) groups excluding carboxylic acids is 1. The number of ether oxygens (including phenoxy) is 1. The lowest BCUT2D eigenvalue weighted by molar-refractivity contribution is -0.153. The number of carbonyl (C=O) groups is 2. The van der Waals surface area contributed by atoms with Gasteiger partial charge in [0.25, 0.3) is 0 Å². The van der Waals surface area contributed by atoms with Crippen LogP contribution in [0, 0.1) is 5.82 Å². The van der Waals surface area contributed by atoms with E-state index in [-0.39, 0.29) is 18.9 Å². The summed E-state index contributed by atoms with van der Waals surface area (Å²) >= 11 is 0. The zero-order chi connectivity index (χ0) is 13.3. The molecule has 1 aromatic carbocycles. The quantitative estimate of drug-likeness (QED) is 0.888. The van der Waals surface area contributed by atoms with Gasteiger partial charge >= 0.3 is 12.1 Å². The second kappa shape index (κ2) is 4.29. The van der Waals surface area contributed by atoms with E-state index in [0.29, 0.717) is 5.56 Å². The van der Waals surface area contributed by atoms with Crippen LogP contribution in [-0.4, -0.2) is 34.2 Å². The number of benzene rings is 1. The normalized spacial score (nSPS) is 23.0. The van der Waals surface area contributed by atoms with Crippen molar-refractivity contribution < 1.29 is 23.8 Å². The molecule has 1 amide bonds. The standard InChI is InChI=1S/C12H12FNO4/c1-12(10(15)16)7-14(11(17)18-12)6-8-2-4-9(13)5-3-8/h2-5H,6-7H2,1H3,(H,15,16). The largest absolute Gasteiger partial charge is 0.478 e. The van der Waals surface area contributed by atoms with E-state index in [9.17, 15) is 14.0 Å². The van der Waals surface area contributed by atoms with E-state index in [1.807, 2.05) is 0 Å². The molecule has 1 aromatic rings. The molecule has 1 aliphatic rings. The summed E-state index contributed by atoms with van der Waals surface area (Å²) in [5.41, 5.74) is -0.806. The fourth-order valence-corrected chi connectivity index (χ4v) is 1.76. The molecule has 6 heteroatoms. The first-order chi connectivity index (χ1) is 8.40. The van der Waals surface area contributed by atoms with Crippen molar-refractivity contribution in [2.75, 3.05) is 6.54 Å². The summed E-state index contributed by atoms with van der Waals surface area (Å²) in [5.74, 6) is -1.55. The number of nitrogens with zero attached hydrogens (tertiary/aromatic N) is 1. The van der Waals surface area contributed by atoms with Crippen molar-refractivity contribution in [1.29, 1.82) is 0 Å². The minimum Gasteiger partial charge on any atom is -0.478 e. The number of carboxylic acid groups (broad SMARTS) is 1. The monoisotopic (exact) mass is 253 g/mol. The highest BCUT2D eigenvalue weighted by molar-refractivity contribution is 5.84. The molecule has 2 rings (SSSR count). The Morgan fingerprint density at radius 2 is 2.11 bits per heavy atom. The summed E-state index contributed by atoms with van der Waals surface area (Å²) < 4.78 is 17.6. The number of cyclic esters (lactones) is 1. The number of rotatable bonds is 3. The van der Waals surface area contributed by atoms with Gasteiger partial charge in [-0.15, -0.1) is 0 Å². The van der Waals surface area contributed by atoms with E-state index in [0.717, 1.165) is 0 Å². The molecular formula is C12H12FNO4. The Kier molecular flexibility index (Phi) is 2.94. The van der Waals surface area contributed by atoms with Gasteiger partial charge in [-0.1, -0.05) is 12.1 Å².